The minimum atomic E-state index is 0.258. The number of rotatable bonds is 3. The lowest BCUT2D eigenvalue weighted by atomic mass is 9.73. The normalized spacial score (nSPS) is 28.2. The van der Waals surface area contributed by atoms with Crippen LogP contribution in [-0.4, -0.2) is 20.6 Å². The zero-order chi connectivity index (χ0) is 12.5. The van der Waals surface area contributed by atoms with Crippen LogP contribution in [0.4, 0.5) is 0 Å². The maximum absolute atomic E-state index is 6.38. The average Bonchev–Trinajstić information content (AvgIpc) is 2.72. The molecule has 3 nitrogen and oxygen atoms in total. The van der Waals surface area contributed by atoms with Gasteiger partial charge in [-0.3, -0.25) is 0 Å². The molecule has 0 spiro atoms. The van der Waals surface area contributed by atoms with Crippen LogP contribution in [0, 0.1) is 5.41 Å². The molecule has 1 aromatic heterocycles. The highest BCUT2D eigenvalue weighted by Gasteiger charge is 2.37. The van der Waals surface area contributed by atoms with Crippen LogP contribution >= 0.6 is 23.3 Å². The van der Waals surface area contributed by atoms with Gasteiger partial charge in [-0.1, -0.05) is 39.0 Å². The van der Waals surface area contributed by atoms with Gasteiger partial charge in [0, 0.05) is 17.7 Å². The van der Waals surface area contributed by atoms with Gasteiger partial charge >= 0.3 is 0 Å². The summed E-state index contributed by atoms with van der Waals surface area (Å²) in [7, 11) is 0. The van der Waals surface area contributed by atoms with E-state index in [1.807, 2.05) is 11.8 Å². The monoisotopic (exact) mass is 271 g/mol. The van der Waals surface area contributed by atoms with Crippen LogP contribution < -0.4 is 5.73 Å². The van der Waals surface area contributed by atoms with Crippen molar-refractivity contribution in [1.82, 2.24) is 9.36 Å². The summed E-state index contributed by atoms with van der Waals surface area (Å²) in [6, 6.07) is 0.259. The SMILES string of the molecule is CCc1nsc(SC2CCCC(C)(C)C2N)n1. The summed E-state index contributed by atoms with van der Waals surface area (Å²) in [5.41, 5.74) is 6.64. The third-order valence-corrected chi connectivity index (χ3v) is 5.82. The maximum atomic E-state index is 6.38. The molecule has 1 heterocycles. The number of thioether (sulfide) groups is 1. The minimum absolute atomic E-state index is 0.258. The molecule has 0 aromatic carbocycles. The smallest absolute Gasteiger partial charge is 0.170 e. The van der Waals surface area contributed by atoms with Crippen molar-refractivity contribution in [3.63, 3.8) is 0 Å². The Balaban J connectivity index is 2.03. The molecule has 0 saturated heterocycles. The van der Waals surface area contributed by atoms with Gasteiger partial charge in [-0.25, -0.2) is 4.98 Å². The zero-order valence-corrected chi connectivity index (χ0v) is 12.4. The highest BCUT2D eigenvalue weighted by Crippen LogP contribution is 2.41. The van der Waals surface area contributed by atoms with Gasteiger partial charge < -0.3 is 5.73 Å². The van der Waals surface area contributed by atoms with E-state index < -0.39 is 0 Å². The number of hydrogen-bond donors (Lipinski definition) is 1. The Morgan fingerprint density at radius 1 is 1.53 bits per heavy atom. The van der Waals surface area contributed by atoms with Crippen LogP contribution in [0.1, 0.15) is 45.9 Å². The standard InChI is InChI=1S/C12H21N3S2/c1-4-9-14-11(17-15-9)16-8-6-5-7-12(2,3)10(8)13/h8,10H,4-7,13H2,1-3H3. The number of nitrogens with zero attached hydrogens (tertiary/aromatic N) is 2. The second kappa shape index (κ2) is 5.24. The van der Waals surface area contributed by atoms with Gasteiger partial charge in [-0.05, 0) is 29.8 Å². The van der Waals surface area contributed by atoms with E-state index >= 15 is 0 Å². The molecule has 0 amide bonds. The lowest BCUT2D eigenvalue weighted by molar-refractivity contribution is 0.208. The molecule has 1 aliphatic carbocycles. The van der Waals surface area contributed by atoms with Crippen molar-refractivity contribution in [2.24, 2.45) is 11.1 Å². The summed E-state index contributed by atoms with van der Waals surface area (Å²) >= 11 is 3.35. The van der Waals surface area contributed by atoms with Crippen molar-refractivity contribution in [2.45, 2.75) is 62.1 Å². The molecule has 1 aliphatic rings. The molecule has 96 valence electrons. The van der Waals surface area contributed by atoms with Crippen LogP contribution in [0.5, 0.6) is 0 Å². The van der Waals surface area contributed by atoms with E-state index in [4.69, 9.17) is 5.73 Å². The molecular weight excluding hydrogens is 250 g/mol. The van der Waals surface area contributed by atoms with E-state index in [1.54, 1.807) is 0 Å². The molecule has 1 fully saturated rings. The molecule has 2 atom stereocenters. The second-order valence-corrected chi connectivity index (χ2v) is 7.63. The summed E-state index contributed by atoms with van der Waals surface area (Å²) in [5, 5.41) is 0.497. The fourth-order valence-electron chi connectivity index (χ4n) is 2.30. The maximum Gasteiger partial charge on any atom is 0.170 e. The zero-order valence-electron chi connectivity index (χ0n) is 10.8. The highest BCUT2D eigenvalue weighted by molar-refractivity contribution is 8.01. The van der Waals surface area contributed by atoms with Gasteiger partial charge in [0.1, 0.15) is 5.82 Å². The highest BCUT2D eigenvalue weighted by atomic mass is 32.2. The molecule has 1 saturated carbocycles. The number of aromatic nitrogens is 2. The van der Waals surface area contributed by atoms with Crippen LogP contribution in [0.3, 0.4) is 0 Å². The van der Waals surface area contributed by atoms with E-state index in [1.165, 1.54) is 30.8 Å². The van der Waals surface area contributed by atoms with Gasteiger partial charge in [0.05, 0.1) is 0 Å². The third-order valence-electron chi connectivity index (χ3n) is 3.63. The first-order valence-electron chi connectivity index (χ1n) is 6.28. The quantitative estimate of drug-likeness (QED) is 0.918. The van der Waals surface area contributed by atoms with Crippen molar-refractivity contribution >= 4 is 23.3 Å². The molecule has 0 bridgehead atoms. The van der Waals surface area contributed by atoms with Gasteiger partial charge in [-0.15, -0.1) is 0 Å². The fourth-order valence-corrected chi connectivity index (χ4v) is 4.67. The Kier molecular flexibility index (Phi) is 4.10. The predicted octanol–water partition coefficient (Wildman–Crippen LogP) is 3.10. The lowest BCUT2D eigenvalue weighted by Crippen LogP contribution is -2.48. The number of aryl methyl sites for hydroxylation is 1. The van der Waals surface area contributed by atoms with Gasteiger partial charge in [0.25, 0.3) is 0 Å². The summed E-state index contributed by atoms with van der Waals surface area (Å²) in [5.74, 6) is 0.959. The van der Waals surface area contributed by atoms with E-state index in [9.17, 15) is 0 Å². The summed E-state index contributed by atoms with van der Waals surface area (Å²) in [4.78, 5) is 4.52. The second-order valence-electron chi connectivity index (χ2n) is 5.39. The van der Waals surface area contributed by atoms with E-state index in [0.717, 1.165) is 16.6 Å². The van der Waals surface area contributed by atoms with Crippen LogP contribution in [0.15, 0.2) is 4.34 Å². The summed E-state index contributed by atoms with van der Waals surface area (Å²) in [6.07, 6.45) is 4.63. The largest absolute Gasteiger partial charge is 0.326 e. The Morgan fingerprint density at radius 3 is 2.94 bits per heavy atom. The third kappa shape index (κ3) is 3.01. The molecule has 5 heteroatoms. The van der Waals surface area contributed by atoms with Gasteiger partial charge in [0.15, 0.2) is 4.34 Å². The van der Waals surface area contributed by atoms with E-state index in [0.29, 0.717) is 5.25 Å². The first kappa shape index (κ1) is 13.3. The van der Waals surface area contributed by atoms with Crippen LogP contribution in [0.25, 0.3) is 0 Å². The first-order valence-corrected chi connectivity index (χ1v) is 7.93. The topological polar surface area (TPSA) is 51.8 Å². The Bertz CT molecular complexity index is 376. The lowest BCUT2D eigenvalue weighted by Gasteiger charge is -2.41. The molecular formula is C12H21N3S2. The van der Waals surface area contributed by atoms with E-state index in [-0.39, 0.29) is 11.5 Å². The average molecular weight is 271 g/mol. The molecule has 0 aliphatic heterocycles. The Morgan fingerprint density at radius 2 is 2.29 bits per heavy atom. The minimum Gasteiger partial charge on any atom is -0.326 e. The van der Waals surface area contributed by atoms with Crippen molar-refractivity contribution in [2.75, 3.05) is 0 Å². The van der Waals surface area contributed by atoms with Crippen molar-refractivity contribution in [3.8, 4) is 0 Å². The molecule has 0 radical (unpaired) electrons. The van der Waals surface area contributed by atoms with Gasteiger partial charge in [0.2, 0.25) is 0 Å². The van der Waals surface area contributed by atoms with Crippen LogP contribution in [-0.2, 0) is 6.42 Å². The Hall–Kier alpha value is -0.130. The van der Waals surface area contributed by atoms with Crippen molar-refractivity contribution in [3.05, 3.63) is 5.82 Å². The fraction of sp³-hybridized carbons (Fsp3) is 0.833. The summed E-state index contributed by atoms with van der Waals surface area (Å²) < 4.78 is 5.41. The number of hydrogen-bond acceptors (Lipinski definition) is 5. The predicted molar refractivity (Wildman–Crippen MR) is 74.5 cm³/mol. The molecule has 2 rings (SSSR count). The summed E-state index contributed by atoms with van der Waals surface area (Å²) in [6.45, 7) is 6.65. The molecule has 1 aromatic rings. The molecule has 17 heavy (non-hydrogen) atoms. The van der Waals surface area contributed by atoms with Crippen molar-refractivity contribution in [1.29, 1.82) is 0 Å². The van der Waals surface area contributed by atoms with Crippen molar-refractivity contribution < 1.29 is 0 Å². The first-order chi connectivity index (χ1) is 8.03. The number of nitrogens with two attached hydrogens (primary N) is 1. The van der Waals surface area contributed by atoms with Crippen LogP contribution in [0.2, 0.25) is 0 Å². The Labute approximate surface area is 112 Å². The molecule has 2 N–H and O–H groups in total. The molecule has 2 unspecified atom stereocenters. The van der Waals surface area contributed by atoms with Gasteiger partial charge in [-0.2, -0.15) is 4.37 Å². The van der Waals surface area contributed by atoms with E-state index in [2.05, 4.69) is 30.1 Å².